The van der Waals surface area contributed by atoms with Gasteiger partial charge < -0.3 is 4.90 Å². The van der Waals surface area contributed by atoms with Crippen molar-refractivity contribution in [2.24, 2.45) is 5.92 Å². The van der Waals surface area contributed by atoms with Crippen molar-refractivity contribution in [3.05, 3.63) is 0 Å². The minimum Gasteiger partial charge on any atom is -0.343 e. The van der Waals surface area contributed by atoms with Crippen molar-refractivity contribution in [3.63, 3.8) is 0 Å². The summed E-state index contributed by atoms with van der Waals surface area (Å²) in [6.07, 6.45) is 12.2. The molecular weight excluding hydrogens is 302 g/mol. The zero-order valence-corrected chi connectivity index (χ0v) is 14.1. The van der Waals surface area contributed by atoms with E-state index in [1.807, 2.05) is 0 Å². The molecule has 0 aliphatic carbocycles. The SMILES string of the molecule is CC1CCC(=O)N(CCCCCCCCCBr)CC1. The first kappa shape index (κ1) is 17.0. The lowest BCUT2D eigenvalue weighted by molar-refractivity contribution is -0.130. The van der Waals surface area contributed by atoms with Crippen LogP contribution in [0.4, 0.5) is 0 Å². The fourth-order valence-corrected chi connectivity index (χ4v) is 3.09. The van der Waals surface area contributed by atoms with Gasteiger partial charge >= 0.3 is 0 Å². The van der Waals surface area contributed by atoms with Crippen LogP contribution < -0.4 is 0 Å². The van der Waals surface area contributed by atoms with E-state index in [4.69, 9.17) is 0 Å². The summed E-state index contributed by atoms with van der Waals surface area (Å²) in [4.78, 5) is 14.0. The number of unbranched alkanes of at least 4 members (excludes halogenated alkanes) is 6. The highest BCUT2D eigenvalue weighted by molar-refractivity contribution is 9.09. The fourth-order valence-electron chi connectivity index (χ4n) is 2.69. The van der Waals surface area contributed by atoms with E-state index < -0.39 is 0 Å². The van der Waals surface area contributed by atoms with Gasteiger partial charge in [-0.2, -0.15) is 0 Å². The topological polar surface area (TPSA) is 20.3 Å². The van der Waals surface area contributed by atoms with Gasteiger partial charge in [-0.3, -0.25) is 4.79 Å². The molecule has 1 aliphatic rings. The standard InChI is InChI=1S/C16H30BrNO/c1-15-9-10-16(19)18(14-11-15)13-8-6-4-2-3-5-7-12-17/h15H,2-14H2,1H3. The van der Waals surface area contributed by atoms with Crippen molar-refractivity contribution < 1.29 is 4.79 Å². The van der Waals surface area contributed by atoms with Crippen LogP contribution in [0.1, 0.15) is 71.1 Å². The minimum atomic E-state index is 0.390. The molecule has 1 atom stereocenters. The average Bonchev–Trinajstić information content (AvgIpc) is 2.56. The van der Waals surface area contributed by atoms with Gasteiger partial charge in [0.15, 0.2) is 0 Å². The fraction of sp³-hybridized carbons (Fsp3) is 0.938. The number of likely N-dealkylation sites (tertiary alicyclic amines) is 1. The maximum atomic E-state index is 11.9. The monoisotopic (exact) mass is 331 g/mol. The first-order chi connectivity index (χ1) is 9.24. The maximum Gasteiger partial charge on any atom is 0.222 e. The first-order valence-electron chi connectivity index (χ1n) is 8.07. The molecule has 0 spiro atoms. The van der Waals surface area contributed by atoms with Crippen LogP contribution in [0.5, 0.6) is 0 Å². The molecule has 2 nitrogen and oxygen atoms in total. The lowest BCUT2D eigenvalue weighted by Gasteiger charge is -2.20. The van der Waals surface area contributed by atoms with E-state index in [0.29, 0.717) is 5.91 Å². The summed E-state index contributed by atoms with van der Waals surface area (Å²) in [5.41, 5.74) is 0. The summed E-state index contributed by atoms with van der Waals surface area (Å²) in [6.45, 7) is 4.25. The summed E-state index contributed by atoms with van der Waals surface area (Å²) >= 11 is 3.47. The second-order valence-corrected chi connectivity index (χ2v) is 6.77. The molecule has 0 radical (unpaired) electrons. The molecule has 0 saturated carbocycles. The van der Waals surface area contributed by atoms with E-state index in [0.717, 1.165) is 37.2 Å². The van der Waals surface area contributed by atoms with E-state index >= 15 is 0 Å². The molecule has 1 heterocycles. The summed E-state index contributed by atoms with van der Waals surface area (Å²) in [6, 6.07) is 0. The molecule has 19 heavy (non-hydrogen) atoms. The smallest absolute Gasteiger partial charge is 0.222 e. The number of nitrogens with zero attached hydrogens (tertiary/aromatic N) is 1. The van der Waals surface area contributed by atoms with Gasteiger partial charge in [0.1, 0.15) is 0 Å². The van der Waals surface area contributed by atoms with Crippen LogP contribution >= 0.6 is 15.9 Å². The quantitative estimate of drug-likeness (QED) is 0.440. The van der Waals surface area contributed by atoms with Crippen LogP contribution in [0.2, 0.25) is 0 Å². The maximum absolute atomic E-state index is 11.9. The van der Waals surface area contributed by atoms with E-state index in [2.05, 4.69) is 27.8 Å². The summed E-state index contributed by atoms with van der Waals surface area (Å²) in [5.74, 6) is 1.12. The van der Waals surface area contributed by atoms with Crippen LogP contribution in [-0.4, -0.2) is 29.2 Å². The number of amides is 1. The van der Waals surface area contributed by atoms with Gasteiger partial charge in [-0.15, -0.1) is 0 Å². The molecule has 0 bridgehead atoms. The Kier molecular flexibility index (Phi) is 9.58. The molecule has 1 aliphatic heterocycles. The lowest BCUT2D eigenvalue weighted by Crippen LogP contribution is -2.31. The van der Waals surface area contributed by atoms with Gasteiger partial charge in [0.05, 0.1) is 0 Å². The molecule has 112 valence electrons. The Hall–Kier alpha value is -0.0500. The second-order valence-electron chi connectivity index (χ2n) is 5.98. The average molecular weight is 332 g/mol. The minimum absolute atomic E-state index is 0.390. The van der Waals surface area contributed by atoms with Crippen molar-refractivity contribution in [1.82, 2.24) is 4.90 Å². The van der Waals surface area contributed by atoms with E-state index in [1.165, 1.54) is 51.4 Å². The predicted octanol–water partition coefficient (Wildman–Crippen LogP) is 4.76. The Morgan fingerprint density at radius 1 is 1.05 bits per heavy atom. The van der Waals surface area contributed by atoms with Gasteiger partial charge in [0.25, 0.3) is 0 Å². The van der Waals surface area contributed by atoms with E-state index in [9.17, 15) is 4.79 Å². The van der Waals surface area contributed by atoms with Gasteiger partial charge in [-0.05, 0) is 31.6 Å². The number of hydrogen-bond donors (Lipinski definition) is 0. The highest BCUT2D eigenvalue weighted by Crippen LogP contribution is 2.18. The Bertz CT molecular complexity index is 245. The molecule has 1 unspecified atom stereocenters. The second kappa shape index (κ2) is 10.7. The Morgan fingerprint density at radius 3 is 2.37 bits per heavy atom. The van der Waals surface area contributed by atoms with Crippen LogP contribution in [0.15, 0.2) is 0 Å². The molecule has 1 fully saturated rings. The van der Waals surface area contributed by atoms with Crippen LogP contribution in [0.3, 0.4) is 0 Å². The lowest BCUT2D eigenvalue weighted by atomic mass is 10.0. The third-order valence-corrected chi connectivity index (χ3v) is 4.72. The van der Waals surface area contributed by atoms with E-state index in [1.54, 1.807) is 0 Å². The molecule has 0 aromatic rings. The van der Waals surface area contributed by atoms with Crippen LogP contribution in [-0.2, 0) is 4.79 Å². The molecule has 0 N–H and O–H groups in total. The zero-order valence-electron chi connectivity index (χ0n) is 12.5. The largest absolute Gasteiger partial charge is 0.343 e. The van der Waals surface area contributed by atoms with Crippen molar-refractivity contribution in [2.45, 2.75) is 71.1 Å². The Labute approximate surface area is 127 Å². The molecule has 0 aromatic carbocycles. The third kappa shape index (κ3) is 7.96. The van der Waals surface area contributed by atoms with Gasteiger partial charge in [-0.25, -0.2) is 0 Å². The normalized spacial score (nSPS) is 20.6. The van der Waals surface area contributed by atoms with Crippen molar-refractivity contribution in [1.29, 1.82) is 0 Å². The van der Waals surface area contributed by atoms with Crippen molar-refractivity contribution in [3.8, 4) is 0 Å². The van der Waals surface area contributed by atoms with Gasteiger partial charge in [0, 0.05) is 24.8 Å². The van der Waals surface area contributed by atoms with Crippen molar-refractivity contribution >= 4 is 21.8 Å². The first-order valence-corrected chi connectivity index (χ1v) is 9.20. The molecule has 1 amide bonds. The molecule has 1 rings (SSSR count). The molecule has 3 heteroatoms. The predicted molar refractivity (Wildman–Crippen MR) is 85.7 cm³/mol. The number of carbonyl (C=O) groups excluding carboxylic acids is 1. The summed E-state index contributed by atoms with van der Waals surface area (Å²) < 4.78 is 0. The Balaban J connectivity index is 2.00. The Morgan fingerprint density at radius 2 is 1.68 bits per heavy atom. The number of carbonyl (C=O) groups is 1. The molecular formula is C16H30BrNO. The van der Waals surface area contributed by atoms with Crippen LogP contribution in [0.25, 0.3) is 0 Å². The summed E-state index contributed by atoms with van der Waals surface area (Å²) in [5, 5.41) is 1.14. The highest BCUT2D eigenvalue weighted by Gasteiger charge is 2.19. The molecule has 1 saturated heterocycles. The van der Waals surface area contributed by atoms with Crippen LogP contribution in [0, 0.1) is 5.92 Å². The van der Waals surface area contributed by atoms with Crippen molar-refractivity contribution in [2.75, 3.05) is 18.4 Å². The number of alkyl halides is 1. The van der Waals surface area contributed by atoms with Gasteiger partial charge in [-0.1, -0.05) is 55.0 Å². The van der Waals surface area contributed by atoms with E-state index in [-0.39, 0.29) is 0 Å². The number of rotatable bonds is 9. The molecule has 0 aromatic heterocycles. The summed E-state index contributed by atoms with van der Waals surface area (Å²) in [7, 11) is 0. The number of hydrogen-bond acceptors (Lipinski definition) is 1. The highest BCUT2D eigenvalue weighted by atomic mass is 79.9. The van der Waals surface area contributed by atoms with Gasteiger partial charge in [0.2, 0.25) is 5.91 Å². The third-order valence-electron chi connectivity index (χ3n) is 4.16. The zero-order chi connectivity index (χ0) is 13.9. The number of halogens is 1.